The first-order chi connectivity index (χ1) is 22.7. The highest BCUT2D eigenvalue weighted by atomic mass is 19.4. The average molecular weight is 651 g/mol. The van der Waals surface area contributed by atoms with Gasteiger partial charge in [-0.3, -0.25) is 4.90 Å². The number of rotatable bonds is 8. The number of benzene rings is 1. The highest BCUT2D eigenvalue weighted by Gasteiger charge is 2.39. The standard InChI is InChI=1S/C33H37F3N8O3/c1-37-18-25-19-43(16-17-44(25)32(45)47-21-23-8-4-3-5-9-23)29-26-12-15-42(30-27(33(34,35)36)11-6-13-38-30)20-28(26)39-31(40-29)46-22-24-10-7-14-41(24)2/h3-6,8-9,11,13,24-25H,7,10,12,14-22H2,2H3/t24-,25?/m0/s1. The van der Waals surface area contributed by atoms with Crippen LogP contribution in [-0.4, -0.2) is 95.9 Å². The monoisotopic (exact) mass is 650 g/mol. The molecule has 47 heavy (non-hydrogen) atoms. The van der Waals surface area contributed by atoms with Crippen molar-refractivity contribution in [1.29, 1.82) is 0 Å². The maximum atomic E-state index is 13.9. The predicted octanol–water partition coefficient (Wildman–Crippen LogP) is 4.67. The molecule has 2 atom stereocenters. The quantitative estimate of drug-likeness (QED) is 0.323. The Balaban J connectivity index is 1.26. The Morgan fingerprint density at radius 1 is 1.02 bits per heavy atom. The number of carbonyl (C=O) groups excluding carboxylic acids is 1. The fraction of sp³-hybridized carbons (Fsp3) is 0.485. The van der Waals surface area contributed by atoms with E-state index in [9.17, 15) is 18.0 Å². The lowest BCUT2D eigenvalue weighted by Gasteiger charge is -2.40. The van der Waals surface area contributed by atoms with Gasteiger partial charge in [0.25, 0.3) is 0 Å². The lowest BCUT2D eigenvalue weighted by molar-refractivity contribution is -0.137. The number of ether oxygens (including phenoxy) is 2. The molecule has 0 spiro atoms. The summed E-state index contributed by atoms with van der Waals surface area (Å²) in [4.78, 5) is 37.8. The first-order valence-electron chi connectivity index (χ1n) is 15.8. The Morgan fingerprint density at radius 3 is 2.60 bits per heavy atom. The minimum absolute atomic E-state index is 0.0786. The summed E-state index contributed by atoms with van der Waals surface area (Å²) in [5.41, 5.74) is 1.46. The number of alkyl halides is 3. The number of piperazine rings is 1. The summed E-state index contributed by atoms with van der Waals surface area (Å²) in [6, 6.07) is 11.6. The molecule has 0 N–H and O–H groups in total. The largest absolute Gasteiger partial charge is 0.462 e. The number of carbonyl (C=O) groups is 1. The Kier molecular flexibility index (Phi) is 9.63. The van der Waals surface area contributed by atoms with E-state index in [1.165, 1.54) is 12.3 Å². The van der Waals surface area contributed by atoms with Gasteiger partial charge in [-0.05, 0) is 50.6 Å². The van der Waals surface area contributed by atoms with E-state index in [0.717, 1.165) is 36.6 Å². The van der Waals surface area contributed by atoms with Crippen LogP contribution in [-0.2, 0) is 30.5 Å². The van der Waals surface area contributed by atoms with E-state index in [1.807, 2.05) is 42.3 Å². The molecule has 0 saturated carbocycles. The van der Waals surface area contributed by atoms with E-state index in [0.29, 0.717) is 44.2 Å². The van der Waals surface area contributed by atoms with E-state index in [2.05, 4.69) is 14.7 Å². The van der Waals surface area contributed by atoms with Gasteiger partial charge in [0.1, 0.15) is 30.9 Å². The number of anilines is 2. The van der Waals surface area contributed by atoms with Crippen molar-refractivity contribution in [2.24, 2.45) is 0 Å². The summed E-state index contributed by atoms with van der Waals surface area (Å²) in [5.74, 6) is 0.481. The lowest BCUT2D eigenvalue weighted by atomic mass is 10.0. The van der Waals surface area contributed by atoms with Gasteiger partial charge in [0.15, 0.2) is 0 Å². The molecular formula is C33H37F3N8O3. The summed E-state index contributed by atoms with van der Waals surface area (Å²) in [6.45, 7) is 10.6. The van der Waals surface area contributed by atoms with E-state index < -0.39 is 23.9 Å². The minimum Gasteiger partial charge on any atom is -0.462 e. The Bertz CT molecular complexity index is 1600. The summed E-state index contributed by atoms with van der Waals surface area (Å²) in [7, 11) is 2.05. The second kappa shape index (κ2) is 14.0. The van der Waals surface area contributed by atoms with Crippen molar-refractivity contribution in [1.82, 2.24) is 24.8 Å². The molecule has 0 aliphatic carbocycles. The van der Waals surface area contributed by atoms with Crippen LogP contribution in [0.25, 0.3) is 4.85 Å². The number of pyridine rings is 1. The molecule has 1 aromatic carbocycles. The van der Waals surface area contributed by atoms with Crippen LogP contribution < -0.4 is 14.5 Å². The summed E-state index contributed by atoms with van der Waals surface area (Å²) in [6.07, 6.45) is -1.23. The third-order valence-electron chi connectivity index (χ3n) is 9.01. The fourth-order valence-corrected chi connectivity index (χ4v) is 6.48. The highest BCUT2D eigenvalue weighted by Crippen LogP contribution is 2.38. The average Bonchev–Trinajstić information content (AvgIpc) is 3.50. The topological polar surface area (TPSA) is 91.5 Å². The molecular weight excluding hydrogens is 613 g/mol. The van der Waals surface area contributed by atoms with Crippen LogP contribution in [0.15, 0.2) is 48.7 Å². The first-order valence-corrected chi connectivity index (χ1v) is 15.8. The molecule has 2 aromatic heterocycles. The van der Waals surface area contributed by atoms with Gasteiger partial charge in [-0.25, -0.2) is 16.4 Å². The summed E-state index contributed by atoms with van der Waals surface area (Å²) >= 11 is 0. The SMILES string of the molecule is [C-]#[N+]CC1CN(c2nc(OC[C@@H]3CCCN3C)nc3c2CCN(c2ncccc2C(F)(F)F)C3)CCN1C(=O)OCc1ccccc1. The number of amides is 1. The Hall–Kier alpha value is -4.64. The predicted molar refractivity (Wildman–Crippen MR) is 168 cm³/mol. The van der Waals surface area contributed by atoms with Crippen LogP contribution in [0.5, 0.6) is 6.01 Å². The van der Waals surface area contributed by atoms with Gasteiger partial charge in [-0.1, -0.05) is 30.3 Å². The number of fused-ring (bicyclic) bond motifs is 1. The van der Waals surface area contributed by atoms with Crippen LogP contribution in [0.2, 0.25) is 0 Å². The van der Waals surface area contributed by atoms with E-state index in [-0.39, 0.29) is 44.1 Å². The molecule has 0 radical (unpaired) electrons. The number of nitrogens with zero attached hydrogens (tertiary/aromatic N) is 8. The third kappa shape index (κ3) is 7.35. The maximum absolute atomic E-state index is 13.9. The maximum Gasteiger partial charge on any atom is 0.419 e. The second-order valence-electron chi connectivity index (χ2n) is 12.1. The minimum atomic E-state index is -4.55. The van der Waals surface area contributed by atoms with Gasteiger partial charge in [0.05, 0.1) is 17.8 Å². The van der Waals surface area contributed by atoms with Gasteiger partial charge in [0, 0.05) is 44.0 Å². The first kappa shape index (κ1) is 32.3. The smallest absolute Gasteiger partial charge is 0.419 e. The van der Waals surface area contributed by atoms with Gasteiger partial charge < -0.3 is 29.0 Å². The van der Waals surface area contributed by atoms with Crippen molar-refractivity contribution in [3.8, 4) is 6.01 Å². The van der Waals surface area contributed by atoms with Crippen LogP contribution in [0.4, 0.5) is 29.6 Å². The number of hydrogen-bond acceptors (Lipinski definition) is 9. The number of halogens is 3. The van der Waals surface area contributed by atoms with E-state index in [4.69, 9.17) is 26.0 Å². The van der Waals surface area contributed by atoms with Crippen molar-refractivity contribution < 1.29 is 27.4 Å². The molecule has 248 valence electrons. The molecule has 3 aliphatic heterocycles. The summed E-state index contributed by atoms with van der Waals surface area (Å²) < 4.78 is 53.4. The van der Waals surface area contributed by atoms with Crippen LogP contribution in [0.1, 0.15) is 35.2 Å². The molecule has 14 heteroatoms. The number of aromatic nitrogens is 3. The molecule has 2 saturated heterocycles. The molecule has 1 unspecified atom stereocenters. The number of hydrogen-bond donors (Lipinski definition) is 0. The van der Waals surface area contributed by atoms with Crippen molar-refractivity contribution in [3.05, 3.63) is 82.5 Å². The molecule has 5 heterocycles. The molecule has 2 fully saturated rings. The van der Waals surface area contributed by atoms with Gasteiger partial charge in [-0.15, -0.1) is 0 Å². The lowest BCUT2D eigenvalue weighted by Crippen LogP contribution is -2.57. The van der Waals surface area contributed by atoms with Crippen LogP contribution in [0, 0.1) is 6.57 Å². The molecule has 6 rings (SSSR count). The van der Waals surface area contributed by atoms with Crippen molar-refractivity contribution in [3.63, 3.8) is 0 Å². The fourth-order valence-electron chi connectivity index (χ4n) is 6.48. The van der Waals surface area contributed by atoms with Crippen molar-refractivity contribution in [2.45, 2.75) is 50.7 Å². The highest BCUT2D eigenvalue weighted by molar-refractivity contribution is 5.69. The number of likely N-dealkylation sites (N-methyl/N-ethyl adjacent to an activating group) is 1. The Labute approximate surface area is 271 Å². The zero-order valence-electron chi connectivity index (χ0n) is 26.2. The van der Waals surface area contributed by atoms with Gasteiger partial charge in [-0.2, -0.15) is 23.1 Å². The third-order valence-corrected chi connectivity index (χ3v) is 9.01. The zero-order valence-corrected chi connectivity index (χ0v) is 26.2. The van der Waals surface area contributed by atoms with Gasteiger partial charge >= 0.3 is 18.3 Å². The van der Waals surface area contributed by atoms with Crippen molar-refractivity contribution >= 4 is 17.7 Å². The molecule has 1 amide bonds. The Morgan fingerprint density at radius 2 is 1.85 bits per heavy atom. The zero-order chi connectivity index (χ0) is 33.0. The van der Waals surface area contributed by atoms with Crippen LogP contribution >= 0.6 is 0 Å². The van der Waals surface area contributed by atoms with Crippen LogP contribution in [0.3, 0.4) is 0 Å². The number of likely N-dealkylation sites (tertiary alicyclic amines) is 1. The molecule has 11 nitrogen and oxygen atoms in total. The second-order valence-corrected chi connectivity index (χ2v) is 12.1. The molecule has 0 bridgehead atoms. The molecule has 3 aliphatic rings. The molecule has 3 aromatic rings. The van der Waals surface area contributed by atoms with E-state index >= 15 is 0 Å². The van der Waals surface area contributed by atoms with Gasteiger partial charge in [0.2, 0.25) is 6.54 Å². The van der Waals surface area contributed by atoms with E-state index in [1.54, 1.807) is 9.80 Å². The van der Waals surface area contributed by atoms with Crippen molar-refractivity contribution in [2.75, 3.05) is 62.7 Å². The normalized spacial score (nSPS) is 20.1. The summed E-state index contributed by atoms with van der Waals surface area (Å²) in [5, 5.41) is 0.